The van der Waals surface area contributed by atoms with Crippen molar-refractivity contribution in [1.82, 2.24) is 9.88 Å². The van der Waals surface area contributed by atoms with E-state index in [0.29, 0.717) is 35.9 Å². The maximum absolute atomic E-state index is 12.9. The van der Waals surface area contributed by atoms with Crippen LogP contribution in [0.2, 0.25) is 0 Å². The molecule has 200 valence electrons. The number of nitrogens with zero attached hydrogens (tertiary/aromatic N) is 1. The number of aliphatic hydroxyl groups is 3. The summed E-state index contributed by atoms with van der Waals surface area (Å²) in [5, 5.41) is 49.9. The highest BCUT2D eigenvalue weighted by Crippen LogP contribution is 2.45. The molecule has 11 atom stereocenters. The van der Waals surface area contributed by atoms with E-state index < -0.39 is 42.6 Å². The van der Waals surface area contributed by atoms with Gasteiger partial charge in [0.25, 0.3) is 0 Å². The largest absolute Gasteiger partial charge is 0.508 e. The molecule has 0 saturated carbocycles. The van der Waals surface area contributed by atoms with Gasteiger partial charge in [-0.25, -0.2) is 9.59 Å². The lowest BCUT2D eigenvalue weighted by atomic mass is 9.71. The number of rotatable bonds is 5. The number of aromatic hydroxyl groups is 1. The Morgan fingerprint density at radius 1 is 1.03 bits per heavy atom. The lowest BCUT2D eigenvalue weighted by Gasteiger charge is -2.58. The van der Waals surface area contributed by atoms with E-state index in [1.807, 2.05) is 0 Å². The molecule has 5 fully saturated rings. The summed E-state index contributed by atoms with van der Waals surface area (Å²) in [5.41, 5.74) is 1.09. The van der Waals surface area contributed by atoms with Crippen molar-refractivity contribution in [1.29, 1.82) is 0 Å². The number of piperidine rings is 4. The average Bonchev–Trinajstić information content (AvgIpc) is 3.27. The van der Waals surface area contributed by atoms with Crippen LogP contribution in [0.1, 0.15) is 36.0 Å². The highest BCUT2D eigenvalue weighted by molar-refractivity contribution is 6.04. The molecule has 6 heterocycles. The van der Waals surface area contributed by atoms with E-state index in [1.54, 1.807) is 18.3 Å². The van der Waals surface area contributed by atoms with Crippen molar-refractivity contribution in [3.63, 3.8) is 0 Å². The molecule has 5 aliphatic heterocycles. The number of esters is 1. The van der Waals surface area contributed by atoms with Gasteiger partial charge in [0.05, 0.1) is 11.7 Å². The number of aromatic amines is 1. The number of hydrogen-bond acceptors (Lipinski definition) is 10. The summed E-state index contributed by atoms with van der Waals surface area (Å²) in [5.74, 6) is -1.59. The third-order valence-electron chi connectivity index (χ3n) is 8.36. The number of ether oxygens (including phenoxy) is 3. The monoisotopic (exact) mass is 518 g/mol. The molecule has 12 heteroatoms. The van der Waals surface area contributed by atoms with Crippen LogP contribution in [0.25, 0.3) is 10.9 Å². The zero-order chi connectivity index (χ0) is 26.0. The second kappa shape index (κ2) is 9.22. The first-order chi connectivity index (χ1) is 17.7. The Bertz CT molecular complexity index is 1190. The number of carboxylic acid groups (broad SMARTS) is 1. The van der Waals surface area contributed by atoms with Gasteiger partial charge >= 0.3 is 11.9 Å². The van der Waals surface area contributed by atoms with E-state index in [2.05, 4.69) is 9.88 Å². The summed E-state index contributed by atoms with van der Waals surface area (Å²) in [6.45, 7) is 0.551. The first-order valence-electron chi connectivity index (χ1n) is 12.5. The molecule has 7 rings (SSSR count). The van der Waals surface area contributed by atoms with Crippen molar-refractivity contribution in [2.75, 3.05) is 6.54 Å². The van der Waals surface area contributed by atoms with E-state index in [1.165, 1.54) is 6.07 Å². The highest BCUT2D eigenvalue weighted by Gasteiger charge is 2.53. The molecule has 2 aromatic rings. The summed E-state index contributed by atoms with van der Waals surface area (Å²) in [6, 6.07) is 5.17. The number of hydrogen-bond donors (Lipinski definition) is 6. The lowest BCUT2D eigenvalue weighted by molar-refractivity contribution is -0.317. The molecule has 4 unspecified atom stereocenters. The molecule has 12 nitrogen and oxygen atoms in total. The predicted molar refractivity (Wildman–Crippen MR) is 125 cm³/mol. The van der Waals surface area contributed by atoms with Crippen molar-refractivity contribution in [2.45, 2.75) is 80.7 Å². The number of carboxylic acids is 1. The maximum atomic E-state index is 12.9. The SMILES string of the molecule is O=C(OC1C[C@@H]2CC3C[C@H](C1)N2CC3O[C@@H]1O[C@H](C(=O)O)[C@@H](O)[C@H](O)[C@H]1O)c1c[nH]c2cc(O)ccc12. The fourth-order valence-corrected chi connectivity index (χ4v) is 6.57. The molecule has 0 aliphatic carbocycles. The smallest absolute Gasteiger partial charge is 0.340 e. The van der Waals surface area contributed by atoms with E-state index in [9.17, 15) is 35.1 Å². The van der Waals surface area contributed by atoms with Gasteiger partial charge in [0.2, 0.25) is 0 Å². The van der Waals surface area contributed by atoms with Crippen LogP contribution < -0.4 is 0 Å². The third kappa shape index (κ3) is 4.27. The standard InChI is InChI=1S/C25H30N2O10/c28-13-1-2-15-16(8-26-17(15)7-13)24(34)35-14-5-11-3-10-4-12(6-14)27(11)9-18(10)36-25-21(31)19(29)20(30)22(37-25)23(32)33/h1-2,7-8,10-12,14,18-22,25-26,28-31H,3-6,9H2,(H,32,33)/t10?,11-,12+,14?,18?,19-,20-,21+,22-,25+/m0/s1. The van der Waals surface area contributed by atoms with Crippen LogP contribution in [0.5, 0.6) is 5.75 Å². The zero-order valence-electron chi connectivity index (χ0n) is 19.8. The first kappa shape index (κ1) is 24.6. The minimum Gasteiger partial charge on any atom is -0.508 e. The summed E-state index contributed by atoms with van der Waals surface area (Å²) >= 11 is 0. The maximum Gasteiger partial charge on any atom is 0.340 e. The molecule has 6 N–H and O–H groups in total. The topological polar surface area (TPSA) is 182 Å². The van der Waals surface area contributed by atoms with Crippen LogP contribution in [0.15, 0.2) is 24.4 Å². The fourth-order valence-electron chi connectivity index (χ4n) is 6.57. The number of phenolic OH excluding ortho intramolecular Hbond substituents is 1. The minimum atomic E-state index is -1.76. The number of phenols is 1. The second-order valence-corrected chi connectivity index (χ2v) is 10.6. The molecule has 37 heavy (non-hydrogen) atoms. The Labute approximate surface area is 211 Å². The Kier molecular flexibility index (Phi) is 6.13. The molecular formula is C25H30N2O10. The minimum absolute atomic E-state index is 0.112. The number of aromatic nitrogens is 1. The molecule has 5 saturated heterocycles. The fraction of sp³-hybridized carbons (Fsp3) is 0.600. The summed E-state index contributed by atoms with van der Waals surface area (Å²) in [4.78, 5) is 29.6. The molecule has 0 amide bonds. The molecule has 0 spiro atoms. The van der Waals surface area contributed by atoms with Crippen molar-refractivity contribution in [3.8, 4) is 5.75 Å². The third-order valence-corrected chi connectivity index (χ3v) is 8.36. The van der Waals surface area contributed by atoms with Crippen molar-refractivity contribution in [3.05, 3.63) is 30.0 Å². The van der Waals surface area contributed by atoms with Crippen LogP contribution in [-0.2, 0) is 19.0 Å². The van der Waals surface area contributed by atoms with Gasteiger partial charge in [0.15, 0.2) is 12.4 Å². The van der Waals surface area contributed by atoms with Gasteiger partial charge in [0.1, 0.15) is 30.2 Å². The van der Waals surface area contributed by atoms with Crippen molar-refractivity contribution < 1.29 is 49.3 Å². The van der Waals surface area contributed by atoms with Gasteiger partial charge in [0, 0.05) is 54.6 Å². The normalized spacial score (nSPS) is 41.0. The Hall–Kier alpha value is -2.74. The second-order valence-electron chi connectivity index (χ2n) is 10.6. The molecule has 1 aromatic carbocycles. The number of benzene rings is 1. The van der Waals surface area contributed by atoms with E-state index in [4.69, 9.17) is 14.2 Å². The Morgan fingerprint density at radius 3 is 2.43 bits per heavy atom. The Balaban J connectivity index is 1.08. The molecule has 5 aliphatic rings. The predicted octanol–water partition coefficient (Wildman–Crippen LogP) is -0.0671. The van der Waals surface area contributed by atoms with Crippen LogP contribution in [-0.4, -0.2) is 109 Å². The summed E-state index contributed by atoms with van der Waals surface area (Å²) < 4.78 is 17.2. The van der Waals surface area contributed by atoms with Crippen LogP contribution in [0, 0.1) is 5.92 Å². The van der Waals surface area contributed by atoms with Gasteiger partial charge in [-0.2, -0.15) is 0 Å². The van der Waals surface area contributed by atoms with Crippen LogP contribution in [0.4, 0.5) is 0 Å². The van der Waals surface area contributed by atoms with Gasteiger partial charge in [-0.15, -0.1) is 0 Å². The van der Waals surface area contributed by atoms with Crippen molar-refractivity contribution in [2.24, 2.45) is 5.92 Å². The molecule has 4 bridgehead atoms. The zero-order valence-corrected chi connectivity index (χ0v) is 19.8. The summed E-state index contributed by atoms with van der Waals surface area (Å²) in [6.07, 6.45) is -4.09. The quantitative estimate of drug-likeness (QED) is 0.292. The highest BCUT2D eigenvalue weighted by atomic mass is 16.7. The van der Waals surface area contributed by atoms with Crippen LogP contribution in [0.3, 0.4) is 0 Å². The number of aliphatic carboxylic acids is 1. The van der Waals surface area contributed by atoms with Crippen molar-refractivity contribution >= 4 is 22.8 Å². The molecule has 0 radical (unpaired) electrons. The average molecular weight is 519 g/mol. The molecule has 1 aromatic heterocycles. The van der Waals surface area contributed by atoms with Gasteiger partial charge in [-0.1, -0.05) is 0 Å². The van der Waals surface area contributed by atoms with Gasteiger partial charge < -0.3 is 44.7 Å². The lowest BCUT2D eigenvalue weighted by Crippen LogP contribution is -2.67. The number of H-pyrrole nitrogens is 1. The van der Waals surface area contributed by atoms with E-state index in [0.717, 1.165) is 12.8 Å². The van der Waals surface area contributed by atoms with Gasteiger partial charge in [-0.3, -0.25) is 4.90 Å². The molecular weight excluding hydrogens is 488 g/mol. The number of nitrogens with one attached hydrogen (secondary N) is 1. The van der Waals surface area contributed by atoms with E-state index in [-0.39, 0.29) is 36.0 Å². The summed E-state index contributed by atoms with van der Waals surface area (Å²) in [7, 11) is 0. The number of carbonyl (C=O) groups is 2. The first-order valence-corrected chi connectivity index (χ1v) is 12.5. The van der Waals surface area contributed by atoms with Gasteiger partial charge in [-0.05, 0) is 30.9 Å². The number of fused-ring (bicyclic) bond motifs is 2. The number of aliphatic hydroxyl groups excluding tert-OH is 3. The van der Waals surface area contributed by atoms with Crippen LogP contribution >= 0.6 is 0 Å². The Morgan fingerprint density at radius 2 is 1.76 bits per heavy atom. The van der Waals surface area contributed by atoms with E-state index >= 15 is 0 Å². The number of carbonyl (C=O) groups excluding carboxylic acids is 1.